The fourth-order valence-electron chi connectivity index (χ4n) is 2.98. The Labute approximate surface area is 164 Å². The molecule has 1 amide bonds. The first-order valence-electron chi connectivity index (χ1n) is 9.17. The Kier molecular flexibility index (Phi) is 7.04. The number of piperazine rings is 1. The molecule has 3 rings (SSSR count). The summed E-state index contributed by atoms with van der Waals surface area (Å²) in [5, 5.41) is 8.53. The van der Waals surface area contributed by atoms with Crippen LogP contribution < -0.4 is 15.5 Å². The molecule has 7 nitrogen and oxygen atoms in total. The zero-order valence-corrected chi connectivity index (χ0v) is 16.4. The molecule has 1 aliphatic rings. The highest BCUT2D eigenvalue weighted by Crippen LogP contribution is 2.13. The highest BCUT2D eigenvalue weighted by Gasteiger charge is 2.21. The highest BCUT2D eigenvalue weighted by atomic mass is 32.1. The number of thiophene rings is 1. The van der Waals surface area contributed by atoms with Crippen LogP contribution in [0.15, 0.2) is 46.9 Å². The molecule has 1 saturated heterocycles. The minimum absolute atomic E-state index is 0.178. The predicted molar refractivity (Wildman–Crippen MR) is 110 cm³/mol. The van der Waals surface area contributed by atoms with Crippen molar-refractivity contribution < 1.29 is 4.79 Å². The van der Waals surface area contributed by atoms with Crippen LogP contribution in [0.1, 0.15) is 11.3 Å². The highest BCUT2D eigenvalue weighted by molar-refractivity contribution is 7.09. The molecule has 1 aliphatic heterocycles. The van der Waals surface area contributed by atoms with Crippen LogP contribution in [0.3, 0.4) is 0 Å². The topological polar surface area (TPSA) is 72.9 Å². The molecule has 0 saturated carbocycles. The predicted octanol–water partition coefficient (Wildman–Crippen LogP) is 1.55. The Balaban J connectivity index is 1.35. The Bertz CT molecular complexity index is 726. The molecule has 3 heterocycles. The zero-order valence-electron chi connectivity index (χ0n) is 15.6. The zero-order chi connectivity index (χ0) is 18.9. The van der Waals surface area contributed by atoms with Gasteiger partial charge < -0.3 is 20.4 Å². The maximum Gasteiger partial charge on any atom is 0.224 e. The van der Waals surface area contributed by atoms with Gasteiger partial charge in [0, 0.05) is 57.3 Å². The number of guanidine groups is 1. The number of nitrogens with one attached hydrogen (secondary N) is 2. The molecule has 0 unspecified atom stereocenters. The van der Waals surface area contributed by atoms with Gasteiger partial charge in [-0.05, 0) is 23.6 Å². The van der Waals surface area contributed by atoms with Crippen molar-refractivity contribution in [3.05, 3.63) is 46.8 Å². The third-order valence-corrected chi connectivity index (χ3v) is 5.35. The summed E-state index contributed by atoms with van der Waals surface area (Å²) in [5.74, 6) is 1.87. The number of nitrogens with zero attached hydrogens (tertiary/aromatic N) is 4. The van der Waals surface area contributed by atoms with E-state index in [2.05, 4.69) is 37.0 Å². The number of amides is 1. The van der Waals surface area contributed by atoms with Gasteiger partial charge in [-0.15, -0.1) is 11.3 Å². The molecule has 144 valence electrons. The van der Waals surface area contributed by atoms with E-state index in [4.69, 9.17) is 0 Å². The minimum Gasteiger partial charge on any atom is -0.356 e. The molecule has 2 aromatic rings. The van der Waals surface area contributed by atoms with Crippen LogP contribution in [0.2, 0.25) is 0 Å². The first-order valence-corrected chi connectivity index (χ1v) is 10.0. The van der Waals surface area contributed by atoms with Crippen molar-refractivity contribution in [1.29, 1.82) is 0 Å². The first kappa shape index (κ1) is 19.2. The van der Waals surface area contributed by atoms with Gasteiger partial charge in [0.15, 0.2) is 5.96 Å². The smallest absolute Gasteiger partial charge is 0.224 e. The Morgan fingerprint density at radius 1 is 1.19 bits per heavy atom. The second-order valence-corrected chi connectivity index (χ2v) is 7.27. The lowest BCUT2D eigenvalue weighted by atomic mass is 10.2. The summed E-state index contributed by atoms with van der Waals surface area (Å²) in [6, 6.07) is 10.0. The van der Waals surface area contributed by atoms with Crippen molar-refractivity contribution in [2.45, 2.75) is 13.0 Å². The van der Waals surface area contributed by atoms with Crippen molar-refractivity contribution in [3.8, 4) is 0 Å². The summed E-state index contributed by atoms with van der Waals surface area (Å²) < 4.78 is 0. The van der Waals surface area contributed by atoms with Crippen molar-refractivity contribution in [2.75, 3.05) is 44.7 Å². The number of rotatable bonds is 6. The normalized spacial score (nSPS) is 14.9. The lowest BCUT2D eigenvalue weighted by molar-refractivity contribution is -0.131. The van der Waals surface area contributed by atoms with E-state index < -0.39 is 0 Å². The number of carbonyl (C=O) groups is 1. The average Bonchev–Trinajstić information content (AvgIpc) is 3.25. The molecule has 27 heavy (non-hydrogen) atoms. The molecule has 2 aromatic heterocycles. The van der Waals surface area contributed by atoms with Crippen molar-refractivity contribution >= 4 is 29.0 Å². The van der Waals surface area contributed by atoms with Gasteiger partial charge in [0.25, 0.3) is 0 Å². The summed E-state index contributed by atoms with van der Waals surface area (Å²) >= 11 is 1.71. The molecule has 0 spiro atoms. The molecular weight excluding hydrogens is 360 g/mol. The van der Waals surface area contributed by atoms with Gasteiger partial charge in [-0.25, -0.2) is 4.98 Å². The largest absolute Gasteiger partial charge is 0.356 e. The van der Waals surface area contributed by atoms with E-state index in [0.29, 0.717) is 13.0 Å². The number of anilines is 1. The molecule has 0 radical (unpaired) electrons. The van der Waals surface area contributed by atoms with Crippen LogP contribution >= 0.6 is 11.3 Å². The van der Waals surface area contributed by atoms with E-state index in [1.807, 2.05) is 29.2 Å². The maximum absolute atomic E-state index is 12.4. The van der Waals surface area contributed by atoms with Crippen LogP contribution in [0, 0.1) is 0 Å². The molecule has 0 aromatic carbocycles. The molecule has 8 heteroatoms. The summed E-state index contributed by atoms with van der Waals surface area (Å²) in [5.41, 5.74) is 0. The Morgan fingerprint density at radius 3 is 2.70 bits per heavy atom. The lowest BCUT2D eigenvalue weighted by Crippen LogP contribution is -2.49. The Morgan fingerprint density at radius 2 is 2.04 bits per heavy atom. The average molecular weight is 387 g/mol. The van der Waals surface area contributed by atoms with Gasteiger partial charge in [0.1, 0.15) is 5.82 Å². The summed E-state index contributed by atoms with van der Waals surface area (Å²) in [4.78, 5) is 26.4. The number of aromatic nitrogens is 1. The molecule has 1 fully saturated rings. The SMILES string of the molecule is CN=C(NCCC(=O)N1CCN(c2ccccn2)CC1)NCc1cccs1. The van der Waals surface area contributed by atoms with E-state index in [1.54, 1.807) is 24.6 Å². The molecule has 0 bridgehead atoms. The van der Waals surface area contributed by atoms with Crippen LogP contribution in [-0.4, -0.2) is 61.5 Å². The maximum atomic E-state index is 12.4. The minimum atomic E-state index is 0.178. The molecule has 0 atom stereocenters. The Hall–Kier alpha value is -2.61. The summed E-state index contributed by atoms with van der Waals surface area (Å²) in [6.07, 6.45) is 2.27. The lowest BCUT2D eigenvalue weighted by Gasteiger charge is -2.35. The van der Waals surface area contributed by atoms with E-state index in [-0.39, 0.29) is 5.91 Å². The van der Waals surface area contributed by atoms with Gasteiger partial charge in [-0.1, -0.05) is 12.1 Å². The monoisotopic (exact) mass is 386 g/mol. The van der Waals surface area contributed by atoms with E-state index in [9.17, 15) is 4.79 Å². The second-order valence-electron chi connectivity index (χ2n) is 6.24. The molecule has 2 N–H and O–H groups in total. The van der Waals surface area contributed by atoms with E-state index in [1.165, 1.54) is 4.88 Å². The van der Waals surface area contributed by atoms with E-state index in [0.717, 1.165) is 44.5 Å². The molecule has 0 aliphatic carbocycles. The van der Waals surface area contributed by atoms with Crippen molar-refractivity contribution in [1.82, 2.24) is 20.5 Å². The summed E-state index contributed by atoms with van der Waals surface area (Å²) in [6.45, 7) is 4.42. The van der Waals surface area contributed by atoms with Crippen LogP contribution in [0.4, 0.5) is 5.82 Å². The third-order valence-electron chi connectivity index (χ3n) is 4.47. The van der Waals surface area contributed by atoms with Gasteiger partial charge >= 0.3 is 0 Å². The van der Waals surface area contributed by atoms with Crippen LogP contribution in [-0.2, 0) is 11.3 Å². The quantitative estimate of drug-likeness (QED) is 0.582. The van der Waals surface area contributed by atoms with E-state index >= 15 is 0 Å². The van der Waals surface area contributed by atoms with Gasteiger partial charge in [-0.3, -0.25) is 9.79 Å². The number of carbonyl (C=O) groups excluding carboxylic acids is 1. The van der Waals surface area contributed by atoms with Gasteiger partial charge in [-0.2, -0.15) is 0 Å². The number of aliphatic imine (C=N–C) groups is 1. The second kappa shape index (κ2) is 9.91. The van der Waals surface area contributed by atoms with Gasteiger partial charge in [0.05, 0.1) is 6.54 Å². The van der Waals surface area contributed by atoms with Crippen LogP contribution in [0.25, 0.3) is 0 Å². The third kappa shape index (κ3) is 5.68. The summed E-state index contributed by atoms with van der Waals surface area (Å²) in [7, 11) is 1.74. The number of hydrogen-bond donors (Lipinski definition) is 2. The standard InChI is InChI=1S/C19H26N6OS/c1-20-19(23-15-16-5-4-14-27-16)22-9-7-18(26)25-12-10-24(11-13-25)17-6-2-3-8-21-17/h2-6,8,14H,7,9-13,15H2,1H3,(H2,20,22,23). The molecular formula is C19H26N6OS. The first-order chi connectivity index (χ1) is 13.3. The van der Waals surface area contributed by atoms with Crippen molar-refractivity contribution in [2.24, 2.45) is 4.99 Å². The number of pyridine rings is 1. The van der Waals surface area contributed by atoms with Gasteiger partial charge in [0.2, 0.25) is 5.91 Å². The fourth-order valence-corrected chi connectivity index (χ4v) is 3.62. The fraction of sp³-hybridized carbons (Fsp3) is 0.421. The van der Waals surface area contributed by atoms with Crippen LogP contribution in [0.5, 0.6) is 0 Å². The number of hydrogen-bond acceptors (Lipinski definition) is 5. The van der Waals surface area contributed by atoms with Crippen molar-refractivity contribution in [3.63, 3.8) is 0 Å².